The molecule has 1 N–H and O–H groups in total. The second-order valence-electron chi connectivity index (χ2n) is 5.13. The third-order valence-corrected chi connectivity index (χ3v) is 3.61. The van der Waals surface area contributed by atoms with Gasteiger partial charge in [-0.1, -0.05) is 18.2 Å². The number of furan rings is 1. The van der Waals surface area contributed by atoms with Gasteiger partial charge < -0.3 is 19.2 Å². The number of aryl methyl sites for hydroxylation is 1. The number of methoxy groups -OCH3 is 2. The maximum atomic E-state index is 12.4. The Balaban J connectivity index is 1.87. The molecule has 1 aromatic heterocycles. The molecule has 3 rings (SSSR count). The van der Waals surface area contributed by atoms with Crippen LogP contribution in [0.1, 0.15) is 16.1 Å². The van der Waals surface area contributed by atoms with Crippen LogP contribution in [0.2, 0.25) is 0 Å². The number of amides is 1. The van der Waals surface area contributed by atoms with Crippen LogP contribution in [0, 0.1) is 6.92 Å². The summed E-state index contributed by atoms with van der Waals surface area (Å²) < 4.78 is 16.1. The topological polar surface area (TPSA) is 60.7 Å². The molecular formula is C18H17NO4. The lowest BCUT2D eigenvalue weighted by Gasteiger charge is -2.09. The van der Waals surface area contributed by atoms with Gasteiger partial charge in [-0.25, -0.2) is 0 Å². The number of nitrogens with one attached hydrogen (secondary N) is 1. The molecule has 23 heavy (non-hydrogen) atoms. The van der Waals surface area contributed by atoms with Crippen molar-refractivity contribution >= 4 is 22.6 Å². The lowest BCUT2D eigenvalue weighted by Crippen LogP contribution is -2.10. The van der Waals surface area contributed by atoms with Crippen LogP contribution in [0.25, 0.3) is 11.0 Å². The fraction of sp³-hybridized carbons (Fsp3) is 0.167. The minimum atomic E-state index is -0.312. The van der Waals surface area contributed by atoms with Crippen LogP contribution in [0.4, 0.5) is 5.69 Å². The number of rotatable bonds is 4. The number of carbonyl (C=O) groups is 1. The van der Waals surface area contributed by atoms with Crippen molar-refractivity contribution in [2.24, 2.45) is 0 Å². The van der Waals surface area contributed by atoms with E-state index in [0.29, 0.717) is 17.2 Å². The quantitative estimate of drug-likeness (QED) is 0.791. The molecule has 0 radical (unpaired) electrons. The van der Waals surface area contributed by atoms with Gasteiger partial charge in [0.1, 0.15) is 5.58 Å². The maximum Gasteiger partial charge on any atom is 0.291 e. The van der Waals surface area contributed by atoms with Crippen molar-refractivity contribution in [2.45, 2.75) is 6.92 Å². The van der Waals surface area contributed by atoms with Crippen LogP contribution in [0.3, 0.4) is 0 Å². The summed E-state index contributed by atoms with van der Waals surface area (Å²) in [6.07, 6.45) is 0. The Morgan fingerprint density at radius 3 is 2.52 bits per heavy atom. The van der Waals surface area contributed by atoms with Gasteiger partial charge in [0.15, 0.2) is 17.3 Å². The zero-order chi connectivity index (χ0) is 16.4. The third kappa shape index (κ3) is 2.85. The zero-order valence-electron chi connectivity index (χ0n) is 13.2. The summed E-state index contributed by atoms with van der Waals surface area (Å²) in [4.78, 5) is 12.4. The number of carbonyl (C=O) groups excluding carboxylic acids is 1. The van der Waals surface area contributed by atoms with Crippen LogP contribution >= 0.6 is 0 Å². The minimum absolute atomic E-state index is 0.268. The molecule has 3 aromatic rings. The molecule has 118 valence electrons. The summed E-state index contributed by atoms with van der Waals surface area (Å²) in [6.45, 7) is 1.95. The molecule has 0 spiro atoms. The van der Waals surface area contributed by atoms with Gasteiger partial charge >= 0.3 is 0 Å². The highest BCUT2D eigenvalue weighted by Crippen LogP contribution is 2.30. The molecule has 0 atom stereocenters. The Morgan fingerprint density at radius 2 is 1.83 bits per heavy atom. The first-order valence-corrected chi connectivity index (χ1v) is 7.15. The summed E-state index contributed by atoms with van der Waals surface area (Å²) in [5.74, 6) is 1.10. The van der Waals surface area contributed by atoms with Crippen molar-refractivity contribution in [3.8, 4) is 11.5 Å². The van der Waals surface area contributed by atoms with E-state index in [9.17, 15) is 4.79 Å². The molecule has 1 heterocycles. The maximum absolute atomic E-state index is 12.4. The Morgan fingerprint density at radius 1 is 1.04 bits per heavy atom. The van der Waals surface area contributed by atoms with Gasteiger partial charge in [0.05, 0.1) is 14.2 Å². The number of benzene rings is 2. The lowest BCUT2D eigenvalue weighted by molar-refractivity contribution is 0.0998. The second-order valence-corrected chi connectivity index (χ2v) is 5.13. The number of ether oxygens (including phenoxy) is 2. The SMILES string of the molecule is COc1ccc(NC(=O)c2cc3cccc(C)c3o2)cc1OC. The molecule has 5 heteroatoms. The smallest absolute Gasteiger partial charge is 0.291 e. The van der Waals surface area contributed by atoms with Gasteiger partial charge in [0.2, 0.25) is 0 Å². The van der Waals surface area contributed by atoms with Crippen molar-refractivity contribution in [2.75, 3.05) is 19.5 Å². The molecule has 1 amide bonds. The normalized spacial score (nSPS) is 10.6. The standard InChI is InChI=1S/C18H17NO4/c1-11-5-4-6-12-9-16(23-17(11)12)18(20)19-13-7-8-14(21-2)15(10-13)22-3/h4-10H,1-3H3,(H,19,20). The number of anilines is 1. The highest BCUT2D eigenvalue weighted by Gasteiger charge is 2.14. The Labute approximate surface area is 133 Å². The highest BCUT2D eigenvalue weighted by molar-refractivity contribution is 6.05. The molecule has 5 nitrogen and oxygen atoms in total. The van der Waals surface area contributed by atoms with Gasteiger partial charge in [0, 0.05) is 17.1 Å². The molecule has 0 aliphatic heterocycles. The Hall–Kier alpha value is -2.95. The first-order valence-electron chi connectivity index (χ1n) is 7.15. The summed E-state index contributed by atoms with van der Waals surface area (Å²) in [6, 6.07) is 12.7. The molecule has 0 unspecified atom stereocenters. The van der Waals surface area contributed by atoms with Crippen LogP contribution in [0.5, 0.6) is 11.5 Å². The third-order valence-electron chi connectivity index (χ3n) is 3.61. The Bertz CT molecular complexity index is 867. The largest absolute Gasteiger partial charge is 0.493 e. The molecule has 0 saturated carbocycles. The van der Waals surface area contributed by atoms with E-state index < -0.39 is 0 Å². The summed E-state index contributed by atoms with van der Waals surface area (Å²) in [5, 5.41) is 3.70. The van der Waals surface area contributed by atoms with Crippen molar-refractivity contribution in [3.05, 3.63) is 53.8 Å². The predicted molar refractivity (Wildman–Crippen MR) is 88.5 cm³/mol. The van der Waals surface area contributed by atoms with E-state index >= 15 is 0 Å². The van der Waals surface area contributed by atoms with Gasteiger partial charge in [-0.05, 0) is 30.7 Å². The monoisotopic (exact) mass is 311 g/mol. The molecule has 0 aliphatic carbocycles. The highest BCUT2D eigenvalue weighted by atomic mass is 16.5. The second kappa shape index (κ2) is 6.04. The molecule has 0 aliphatic rings. The molecule has 2 aromatic carbocycles. The summed E-state index contributed by atoms with van der Waals surface area (Å²) >= 11 is 0. The van der Waals surface area contributed by atoms with E-state index in [1.54, 1.807) is 38.5 Å². The predicted octanol–water partition coefficient (Wildman–Crippen LogP) is 4.01. The first-order chi connectivity index (χ1) is 11.1. The number of fused-ring (bicyclic) bond motifs is 1. The van der Waals surface area contributed by atoms with Crippen molar-refractivity contribution in [1.29, 1.82) is 0 Å². The summed E-state index contributed by atoms with van der Waals surface area (Å²) in [5.41, 5.74) is 2.32. The van der Waals surface area contributed by atoms with Gasteiger partial charge in [-0.15, -0.1) is 0 Å². The molecular weight excluding hydrogens is 294 g/mol. The van der Waals surface area contributed by atoms with Crippen molar-refractivity contribution in [1.82, 2.24) is 0 Å². The lowest BCUT2D eigenvalue weighted by atomic mass is 10.2. The van der Waals surface area contributed by atoms with Crippen LogP contribution in [0.15, 0.2) is 46.9 Å². The number of para-hydroxylation sites is 1. The Kier molecular flexibility index (Phi) is 3.93. The fourth-order valence-corrected chi connectivity index (χ4v) is 2.43. The van der Waals surface area contributed by atoms with E-state index in [1.807, 2.05) is 25.1 Å². The van der Waals surface area contributed by atoms with Crippen LogP contribution in [-0.4, -0.2) is 20.1 Å². The average Bonchev–Trinajstić information content (AvgIpc) is 3.00. The summed E-state index contributed by atoms with van der Waals surface area (Å²) in [7, 11) is 3.11. The number of hydrogen-bond acceptors (Lipinski definition) is 4. The first kappa shape index (κ1) is 15.0. The van der Waals surface area contributed by atoms with Gasteiger partial charge in [0.25, 0.3) is 5.91 Å². The van der Waals surface area contributed by atoms with Gasteiger partial charge in [-0.2, -0.15) is 0 Å². The van der Waals surface area contributed by atoms with E-state index in [2.05, 4.69) is 5.32 Å². The van der Waals surface area contributed by atoms with E-state index in [0.717, 1.165) is 16.5 Å². The number of hydrogen-bond donors (Lipinski definition) is 1. The molecule has 0 saturated heterocycles. The van der Waals surface area contributed by atoms with Crippen molar-refractivity contribution in [3.63, 3.8) is 0 Å². The molecule has 0 bridgehead atoms. The molecule has 0 fully saturated rings. The van der Waals surface area contributed by atoms with Crippen molar-refractivity contribution < 1.29 is 18.7 Å². The fourth-order valence-electron chi connectivity index (χ4n) is 2.43. The van der Waals surface area contributed by atoms with E-state index in [1.165, 1.54) is 0 Å². The van der Waals surface area contributed by atoms with Gasteiger partial charge in [-0.3, -0.25) is 4.79 Å². The van der Waals surface area contributed by atoms with E-state index in [4.69, 9.17) is 13.9 Å². The zero-order valence-corrected chi connectivity index (χ0v) is 13.2. The van der Waals surface area contributed by atoms with Crippen LogP contribution < -0.4 is 14.8 Å². The average molecular weight is 311 g/mol. The minimum Gasteiger partial charge on any atom is -0.493 e. The van der Waals surface area contributed by atoms with Crippen LogP contribution in [-0.2, 0) is 0 Å². The van der Waals surface area contributed by atoms with E-state index in [-0.39, 0.29) is 11.7 Å².